The van der Waals surface area contributed by atoms with E-state index in [4.69, 9.17) is 5.73 Å². The lowest BCUT2D eigenvalue weighted by Crippen LogP contribution is -2.13. The highest BCUT2D eigenvalue weighted by Gasteiger charge is 2.08. The highest BCUT2D eigenvalue weighted by molar-refractivity contribution is 5.07. The number of nitrogens with two attached hydrogens (primary N) is 1. The molecule has 0 aliphatic heterocycles. The minimum Gasteiger partial charge on any atom is -0.336 e. The van der Waals surface area contributed by atoms with Crippen LogP contribution in [0.2, 0.25) is 0 Å². The quantitative estimate of drug-likeness (QED) is 0.688. The van der Waals surface area contributed by atoms with Crippen LogP contribution in [0.5, 0.6) is 0 Å². The SMILES string of the molecule is C=C(C)CC(N)c1cncn1C. The van der Waals surface area contributed by atoms with Crippen LogP contribution in [0.15, 0.2) is 24.7 Å². The first kappa shape index (κ1) is 9.00. The summed E-state index contributed by atoms with van der Waals surface area (Å²) < 4.78 is 1.94. The molecule has 0 amide bonds. The van der Waals surface area contributed by atoms with Crippen molar-refractivity contribution in [1.82, 2.24) is 9.55 Å². The normalized spacial score (nSPS) is 12.9. The molecule has 3 nitrogen and oxygen atoms in total. The average molecular weight is 165 g/mol. The van der Waals surface area contributed by atoms with Gasteiger partial charge >= 0.3 is 0 Å². The maximum Gasteiger partial charge on any atom is 0.0946 e. The van der Waals surface area contributed by atoms with Gasteiger partial charge in [0.15, 0.2) is 0 Å². The molecule has 0 bridgehead atoms. The molecule has 1 atom stereocenters. The maximum absolute atomic E-state index is 5.92. The van der Waals surface area contributed by atoms with E-state index in [0.717, 1.165) is 17.7 Å². The number of hydrogen-bond donors (Lipinski definition) is 1. The number of hydrogen-bond acceptors (Lipinski definition) is 2. The largest absolute Gasteiger partial charge is 0.336 e. The molecule has 1 aromatic heterocycles. The van der Waals surface area contributed by atoms with Crippen molar-refractivity contribution in [3.63, 3.8) is 0 Å². The Balaban J connectivity index is 2.71. The summed E-state index contributed by atoms with van der Waals surface area (Å²) >= 11 is 0. The zero-order chi connectivity index (χ0) is 9.14. The second-order valence-electron chi connectivity index (χ2n) is 3.20. The van der Waals surface area contributed by atoms with E-state index < -0.39 is 0 Å². The van der Waals surface area contributed by atoms with E-state index in [1.165, 1.54) is 0 Å². The molecule has 0 fully saturated rings. The fourth-order valence-electron chi connectivity index (χ4n) is 1.20. The lowest BCUT2D eigenvalue weighted by Gasteiger charge is -2.11. The van der Waals surface area contributed by atoms with Crippen molar-refractivity contribution in [2.75, 3.05) is 0 Å². The third kappa shape index (κ3) is 1.95. The predicted molar refractivity (Wildman–Crippen MR) is 49.6 cm³/mol. The van der Waals surface area contributed by atoms with Gasteiger partial charge in [0.05, 0.1) is 18.1 Å². The van der Waals surface area contributed by atoms with E-state index in [-0.39, 0.29) is 6.04 Å². The first-order valence-corrected chi connectivity index (χ1v) is 3.97. The van der Waals surface area contributed by atoms with Crippen molar-refractivity contribution >= 4 is 0 Å². The van der Waals surface area contributed by atoms with Gasteiger partial charge in [-0.3, -0.25) is 0 Å². The summed E-state index contributed by atoms with van der Waals surface area (Å²) in [6.45, 7) is 5.81. The van der Waals surface area contributed by atoms with Crippen molar-refractivity contribution in [2.24, 2.45) is 12.8 Å². The molecule has 0 aromatic carbocycles. The molecule has 1 rings (SSSR count). The van der Waals surface area contributed by atoms with Crippen LogP contribution in [0.4, 0.5) is 0 Å². The van der Waals surface area contributed by atoms with Crippen LogP contribution in [-0.4, -0.2) is 9.55 Å². The number of aromatic nitrogens is 2. The second-order valence-corrected chi connectivity index (χ2v) is 3.20. The maximum atomic E-state index is 5.92. The molecule has 3 heteroatoms. The molecule has 0 aliphatic carbocycles. The monoisotopic (exact) mass is 165 g/mol. The minimum absolute atomic E-state index is 0.0231. The third-order valence-electron chi connectivity index (χ3n) is 1.80. The molecule has 0 saturated heterocycles. The molecule has 0 saturated carbocycles. The zero-order valence-corrected chi connectivity index (χ0v) is 7.62. The summed E-state index contributed by atoms with van der Waals surface area (Å²) in [6, 6.07) is 0.0231. The summed E-state index contributed by atoms with van der Waals surface area (Å²) in [5.41, 5.74) is 8.07. The fourth-order valence-corrected chi connectivity index (χ4v) is 1.20. The van der Waals surface area contributed by atoms with Crippen LogP contribution in [0.25, 0.3) is 0 Å². The molecule has 0 spiro atoms. The first-order valence-electron chi connectivity index (χ1n) is 3.97. The number of aryl methyl sites for hydroxylation is 1. The van der Waals surface area contributed by atoms with E-state index in [2.05, 4.69) is 11.6 Å². The lowest BCUT2D eigenvalue weighted by atomic mass is 10.1. The molecule has 1 aromatic rings. The van der Waals surface area contributed by atoms with Crippen molar-refractivity contribution in [1.29, 1.82) is 0 Å². The van der Waals surface area contributed by atoms with Crippen LogP contribution in [0.1, 0.15) is 25.1 Å². The van der Waals surface area contributed by atoms with Gasteiger partial charge in [0.25, 0.3) is 0 Å². The van der Waals surface area contributed by atoms with Crippen molar-refractivity contribution in [2.45, 2.75) is 19.4 Å². The van der Waals surface area contributed by atoms with Gasteiger partial charge < -0.3 is 10.3 Å². The van der Waals surface area contributed by atoms with Crippen molar-refractivity contribution in [3.05, 3.63) is 30.4 Å². The molecule has 66 valence electrons. The van der Waals surface area contributed by atoms with Crippen LogP contribution in [0.3, 0.4) is 0 Å². The summed E-state index contributed by atoms with van der Waals surface area (Å²) in [7, 11) is 1.95. The molecular weight excluding hydrogens is 150 g/mol. The Kier molecular flexibility index (Phi) is 2.65. The topological polar surface area (TPSA) is 43.8 Å². The Morgan fingerprint density at radius 2 is 2.50 bits per heavy atom. The Bertz CT molecular complexity index is 275. The Morgan fingerprint density at radius 3 is 2.92 bits per heavy atom. The lowest BCUT2D eigenvalue weighted by molar-refractivity contribution is 0.653. The third-order valence-corrected chi connectivity index (χ3v) is 1.80. The highest BCUT2D eigenvalue weighted by atomic mass is 15.0. The smallest absolute Gasteiger partial charge is 0.0946 e. The summed E-state index contributed by atoms with van der Waals surface area (Å²) in [5.74, 6) is 0. The molecule has 1 unspecified atom stereocenters. The first-order chi connectivity index (χ1) is 5.61. The van der Waals surface area contributed by atoms with Crippen LogP contribution in [0, 0.1) is 0 Å². The van der Waals surface area contributed by atoms with E-state index in [1.807, 2.05) is 18.5 Å². The molecule has 0 radical (unpaired) electrons. The Morgan fingerprint density at radius 1 is 1.83 bits per heavy atom. The van der Waals surface area contributed by atoms with Gasteiger partial charge in [-0.1, -0.05) is 5.57 Å². The van der Waals surface area contributed by atoms with Gasteiger partial charge in [-0.2, -0.15) is 0 Å². The second kappa shape index (κ2) is 3.54. The van der Waals surface area contributed by atoms with Gasteiger partial charge in [0.1, 0.15) is 0 Å². The van der Waals surface area contributed by atoms with Gasteiger partial charge in [-0.05, 0) is 13.3 Å². The van der Waals surface area contributed by atoms with Crippen LogP contribution in [-0.2, 0) is 7.05 Å². The summed E-state index contributed by atoms with van der Waals surface area (Å²) in [4.78, 5) is 4.00. The van der Waals surface area contributed by atoms with E-state index in [1.54, 1.807) is 12.5 Å². The number of imidazole rings is 1. The fraction of sp³-hybridized carbons (Fsp3) is 0.444. The van der Waals surface area contributed by atoms with Crippen LogP contribution < -0.4 is 5.73 Å². The summed E-state index contributed by atoms with van der Waals surface area (Å²) in [6.07, 6.45) is 4.38. The highest BCUT2D eigenvalue weighted by Crippen LogP contribution is 2.15. The average Bonchev–Trinajstić information content (AvgIpc) is 2.33. The molecule has 1 heterocycles. The molecule has 12 heavy (non-hydrogen) atoms. The summed E-state index contributed by atoms with van der Waals surface area (Å²) in [5, 5.41) is 0. The number of nitrogens with zero attached hydrogens (tertiary/aromatic N) is 2. The number of rotatable bonds is 3. The Hall–Kier alpha value is -1.09. The van der Waals surface area contributed by atoms with Crippen molar-refractivity contribution < 1.29 is 0 Å². The molecule has 0 aliphatic rings. The van der Waals surface area contributed by atoms with Gasteiger partial charge in [-0.25, -0.2) is 4.98 Å². The van der Waals surface area contributed by atoms with Gasteiger partial charge in [-0.15, -0.1) is 6.58 Å². The van der Waals surface area contributed by atoms with Crippen LogP contribution >= 0.6 is 0 Å². The Labute approximate surface area is 72.9 Å². The van der Waals surface area contributed by atoms with E-state index in [0.29, 0.717) is 0 Å². The predicted octanol–water partition coefficient (Wildman–Crippen LogP) is 1.39. The molecule has 2 N–H and O–H groups in total. The van der Waals surface area contributed by atoms with Crippen molar-refractivity contribution in [3.8, 4) is 0 Å². The van der Waals surface area contributed by atoms with E-state index >= 15 is 0 Å². The van der Waals surface area contributed by atoms with Gasteiger partial charge in [0.2, 0.25) is 0 Å². The molecular formula is C9H15N3. The van der Waals surface area contributed by atoms with E-state index in [9.17, 15) is 0 Å². The van der Waals surface area contributed by atoms with Gasteiger partial charge in [0, 0.05) is 13.2 Å². The zero-order valence-electron chi connectivity index (χ0n) is 7.62. The minimum atomic E-state index is 0.0231. The standard InChI is InChI=1S/C9H15N3/c1-7(2)4-8(10)9-5-11-6-12(9)3/h5-6,8H,1,4,10H2,2-3H3.